The van der Waals surface area contributed by atoms with Crippen LogP contribution in [0.2, 0.25) is 0 Å². The Labute approximate surface area is 117 Å². The number of carbonyl (C=O) groups excluding carboxylic acids is 1. The summed E-state index contributed by atoms with van der Waals surface area (Å²) in [6, 6.07) is 8.70. The highest BCUT2D eigenvalue weighted by Crippen LogP contribution is 2.13. The minimum absolute atomic E-state index is 0.236. The molecule has 0 saturated heterocycles. The van der Waals surface area contributed by atoms with Crippen molar-refractivity contribution in [2.75, 3.05) is 10.7 Å². The molecule has 0 aliphatic heterocycles. The lowest BCUT2D eigenvalue weighted by atomic mass is 10.1. The molecule has 2 rings (SSSR count). The number of nitrogens with zero attached hydrogens (tertiary/aromatic N) is 2. The number of amides is 1. The zero-order chi connectivity index (χ0) is 14.4. The largest absolute Gasteiger partial charge is 0.308 e. The van der Waals surface area contributed by atoms with E-state index in [-0.39, 0.29) is 5.91 Å². The van der Waals surface area contributed by atoms with Gasteiger partial charge in [-0.2, -0.15) is 0 Å². The summed E-state index contributed by atoms with van der Waals surface area (Å²) in [5.41, 5.74) is 3.81. The van der Waals surface area contributed by atoms with Crippen molar-refractivity contribution in [1.82, 2.24) is 9.97 Å². The van der Waals surface area contributed by atoms with E-state index >= 15 is 0 Å². The molecular formula is C14H17N5O. The van der Waals surface area contributed by atoms with Gasteiger partial charge in [0.2, 0.25) is 0 Å². The number of nitrogens with one attached hydrogen (secondary N) is 2. The molecule has 0 aliphatic carbocycles. The van der Waals surface area contributed by atoms with Gasteiger partial charge in [0.05, 0.1) is 0 Å². The Kier molecular flexibility index (Phi) is 4.62. The monoisotopic (exact) mass is 271 g/mol. The summed E-state index contributed by atoms with van der Waals surface area (Å²) in [5, 5.41) is 2.73. The number of aryl methyl sites for hydroxylation is 1. The molecule has 0 saturated carbocycles. The average Bonchev–Trinajstić information content (AvgIpc) is 2.48. The van der Waals surface area contributed by atoms with E-state index in [1.165, 1.54) is 0 Å². The van der Waals surface area contributed by atoms with Crippen LogP contribution in [0.4, 0.5) is 11.6 Å². The van der Waals surface area contributed by atoms with Crippen molar-refractivity contribution in [3.63, 3.8) is 0 Å². The molecule has 1 amide bonds. The maximum absolute atomic E-state index is 12.2. The van der Waals surface area contributed by atoms with Crippen LogP contribution in [0.15, 0.2) is 36.5 Å². The van der Waals surface area contributed by atoms with Gasteiger partial charge < -0.3 is 10.7 Å². The summed E-state index contributed by atoms with van der Waals surface area (Å²) in [5.74, 6) is 6.13. The molecule has 6 nitrogen and oxygen atoms in total. The molecule has 6 heteroatoms. The van der Waals surface area contributed by atoms with Crippen molar-refractivity contribution in [1.29, 1.82) is 0 Å². The predicted molar refractivity (Wildman–Crippen MR) is 78.2 cm³/mol. The number of nitrogen functional groups attached to an aromatic ring is 1. The normalized spacial score (nSPS) is 10.1. The zero-order valence-electron chi connectivity index (χ0n) is 11.3. The maximum Gasteiger partial charge on any atom is 0.257 e. The smallest absolute Gasteiger partial charge is 0.257 e. The van der Waals surface area contributed by atoms with Crippen LogP contribution in [-0.4, -0.2) is 15.9 Å². The van der Waals surface area contributed by atoms with Gasteiger partial charge in [-0.1, -0.05) is 19.4 Å². The van der Waals surface area contributed by atoms with Gasteiger partial charge >= 0.3 is 0 Å². The van der Waals surface area contributed by atoms with Gasteiger partial charge in [0.15, 0.2) is 0 Å². The fraction of sp³-hybridized carbons (Fsp3) is 0.214. The molecule has 0 radical (unpaired) electrons. The molecule has 20 heavy (non-hydrogen) atoms. The van der Waals surface area contributed by atoms with Crippen LogP contribution in [0.5, 0.6) is 0 Å². The fourth-order valence-corrected chi connectivity index (χ4v) is 1.80. The summed E-state index contributed by atoms with van der Waals surface area (Å²) in [6.07, 6.45) is 3.36. The third-order valence-electron chi connectivity index (χ3n) is 2.70. The van der Waals surface area contributed by atoms with E-state index in [0.717, 1.165) is 18.5 Å². The quantitative estimate of drug-likeness (QED) is 0.571. The van der Waals surface area contributed by atoms with Crippen molar-refractivity contribution in [2.24, 2.45) is 5.84 Å². The highest BCUT2D eigenvalue weighted by atomic mass is 16.1. The van der Waals surface area contributed by atoms with E-state index in [2.05, 4.69) is 27.6 Å². The Balaban J connectivity index is 2.22. The number of nitrogens with two attached hydrogens (primary N) is 1. The summed E-state index contributed by atoms with van der Waals surface area (Å²) in [4.78, 5) is 20.5. The molecule has 0 aromatic carbocycles. The number of anilines is 2. The van der Waals surface area contributed by atoms with E-state index in [1.54, 1.807) is 30.5 Å². The van der Waals surface area contributed by atoms with Crippen molar-refractivity contribution in [2.45, 2.75) is 19.8 Å². The van der Waals surface area contributed by atoms with Crippen LogP contribution in [-0.2, 0) is 6.42 Å². The van der Waals surface area contributed by atoms with E-state index in [4.69, 9.17) is 5.84 Å². The van der Waals surface area contributed by atoms with Gasteiger partial charge in [0.25, 0.3) is 5.91 Å². The first-order valence-corrected chi connectivity index (χ1v) is 6.43. The lowest BCUT2D eigenvalue weighted by Gasteiger charge is -2.08. The number of carbonyl (C=O) groups is 1. The van der Waals surface area contributed by atoms with Crippen molar-refractivity contribution in [3.05, 3.63) is 47.8 Å². The van der Waals surface area contributed by atoms with E-state index in [1.807, 2.05) is 6.07 Å². The van der Waals surface area contributed by atoms with Gasteiger partial charge in [-0.3, -0.25) is 4.79 Å². The Bertz CT molecular complexity index is 585. The summed E-state index contributed by atoms with van der Waals surface area (Å²) in [6.45, 7) is 2.05. The van der Waals surface area contributed by atoms with Gasteiger partial charge in [-0.05, 0) is 30.7 Å². The van der Waals surface area contributed by atoms with Crippen LogP contribution in [0.1, 0.15) is 29.4 Å². The minimum atomic E-state index is -0.236. The molecular weight excluding hydrogens is 254 g/mol. The number of hydrazine groups is 1. The second-order valence-electron chi connectivity index (χ2n) is 4.30. The molecule has 2 heterocycles. The van der Waals surface area contributed by atoms with Gasteiger partial charge in [-0.15, -0.1) is 0 Å². The van der Waals surface area contributed by atoms with E-state index < -0.39 is 0 Å². The van der Waals surface area contributed by atoms with Crippen LogP contribution < -0.4 is 16.6 Å². The van der Waals surface area contributed by atoms with Crippen molar-refractivity contribution in [3.8, 4) is 0 Å². The highest BCUT2D eigenvalue weighted by Gasteiger charge is 2.10. The molecule has 0 aliphatic rings. The Morgan fingerprint density at radius 2 is 2.15 bits per heavy atom. The Morgan fingerprint density at radius 3 is 2.80 bits per heavy atom. The molecule has 0 atom stereocenters. The molecule has 0 spiro atoms. The number of rotatable bonds is 5. The number of hydrogen-bond donors (Lipinski definition) is 3. The Morgan fingerprint density at radius 1 is 1.30 bits per heavy atom. The molecule has 0 unspecified atom stereocenters. The molecule has 2 aromatic rings. The van der Waals surface area contributed by atoms with Crippen LogP contribution in [0.3, 0.4) is 0 Å². The van der Waals surface area contributed by atoms with Crippen molar-refractivity contribution < 1.29 is 4.79 Å². The van der Waals surface area contributed by atoms with Gasteiger partial charge in [0, 0.05) is 17.5 Å². The highest BCUT2D eigenvalue weighted by molar-refractivity contribution is 6.04. The first-order chi connectivity index (χ1) is 9.72. The molecule has 4 N–H and O–H groups in total. The number of aromatic nitrogens is 2. The Hall–Kier alpha value is -2.47. The SMILES string of the molecule is CCCc1cc(C(=O)Nc2ccccn2)cc(NN)n1. The molecule has 0 fully saturated rings. The van der Waals surface area contributed by atoms with Crippen LogP contribution in [0, 0.1) is 0 Å². The minimum Gasteiger partial charge on any atom is -0.308 e. The van der Waals surface area contributed by atoms with Crippen molar-refractivity contribution >= 4 is 17.5 Å². The third-order valence-corrected chi connectivity index (χ3v) is 2.70. The standard InChI is InChI=1S/C14H17N5O/c1-2-5-11-8-10(9-13(17-11)19-15)14(20)18-12-6-3-4-7-16-12/h3-4,6-9H,2,5,15H2,1H3,(H,17,19)(H,16,18,20). The van der Waals surface area contributed by atoms with E-state index in [9.17, 15) is 4.79 Å². The van der Waals surface area contributed by atoms with Crippen LogP contribution in [0.25, 0.3) is 0 Å². The predicted octanol–water partition coefficient (Wildman–Crippen LogP) is 1.97. The number of hydrogen-bond acceptors (Lipinski definition) is 5. The van der Waals surface area contributed by atoms with Crippen LogP contribution >= 0.6 is 0 Å². The number of pyridine rings is 2. The molecule has 0 bridgehead atoms. The van der Waals surface area contributed by atoms with Gasteiger partial charge in [-0.25, -0.2) is 15.8 Å². The second kappa shape index (κ2) is 6.63. The first-order valence-electron chi connectivity index (χ1n) is 6.43. The fourth-order valence-electron chi connectivity index (χ4n) is 1.80. The summed E-state index contributed by atoms with van der Waals surface area (Å²) < 4.78 is 0. The molecule has 104 valence electrons. The van der Waals surface area contributed by atoms with Gasteiger partial charge in [0.1, 0.15) is 11.6 Å². The topological polar surface area (TPSA) is 92.9 Å². The van der Waals surface area contributed by atoms with E-state index in [0.29, 0.717) is 17.2 Å². The summed E-state index contributed by atoms with van der Waals surface area (Å²) in [7, 11) is 0. The zero-order valence-corrected chi connectivity index (χ0v) is 11.3. The summed E-state index contributed by atoms with van der Waals surface area (Å²) >= 11 is 0. The average molecular weight is 271 g/mol. The lowest BCUT2D eigenvalue weighted by Crippen LogP contribution is -2.16. The maximum atomic E-state index is 12.2. The molecule has 2 aromatic heterocycles. The second-order valence-corrected chi connectivity index (χ2v) is 4.30. The lowest BCUT2D eigenvalue weighted by molar-refractivity contribution is 0.102. The first kappa shape index (κ1) is 14.0. The third kappa shape index (κ3) is 3.52.